The molecule has 0 bridgehead atoms. The van der Waals surface area contributed by atoms with Crippen molar-refractivity contribution in [3.05, 3.63) is 48.3 Å². The first-order chi connectivity index (χ1) is 7.88. The minimum absolute atomic E-state index is 0.427. The SMILES string of the molecule is N#Cc1nccc2nc3ccccc3cc12. The van der Waals surface area contributed by atoms with Gasteiger partial charge in [0.2, 0.25) is 0 Å². The summed E-state index contributed by atoms with van der Waals surface area (Å²) in [6.07, 6.45) is 1.61. The molecular formula is C13H7N3. The average molecular weight is 205 g/mol. The van der Waals surface area contributed by atoms with Gasteiger partial charge < -0.3 is 0 Å². The molecule has 0 N–H and O–H groups in total. The van der Waals surface area contributed by atoms with Crippen molar-refractivity contribution in [2.45, 2.75) is 0 Å². The largest absolute Gasteiger partial charge is 0.248 e. The number of nitrogens with zero attached hydrogens (tertiary/aromatic N) is 3. The fraction of sp³-hybridized carbons (Fsp3) is 0. The van der Waals surface area contributed by atoms with Crippen molar-refractivity contribution in [3.8, 4) is 6.07 Å². The van der Waals surface area contributed by atoms with E-state index in [1.165, 1.54) is 0 Å². The Hall–Kier alpha value is -2.47. The van der Waals surface area contributed by atoms with E-state index in [2.05, 4.69) is 16.0 Å². The fourth-order valence-electron chi connectivity index (χ4n) is 1.79. The van der Waals surface area contributed by atoms with Gasteiger partial charge >= 0.3 is 0 Å². The van der Waals surface area contributed by atoms with Crippen LogP contribution in [0.5, 0.6) is 0 Å². The Morgan fingerprint density at radius 1 is 1.06 bits per heavy atom. The molecule has 3 nitrogen and oxygen atoms in total. The molecular weight excluding hydrogens is 198 g/mol. The first-order valence-electron chi connectivity index (χ1n) is 4.93. The molecule has 74 valence electrons. The van der Waals surface area contributed by atoms with Crippen LogP contribution in [0.1, 0.15) is 5.69 Å². The summed E-state index contributed by atoms with van der Waals surface area (Å²) in [4.78, 5) is 8.53. The summed E-state index contributed by atoms with van der Waals surface area (Å²) in [5.41, 5.74) is 2.17. The Morgan fingerprint density at radius 3 is 2.81 bits per heavy atom. The molecule has 3 heteroatoms. The van der Waals surface area contributed by atoms with Crippen LogP contribution < -0.4 is 0 Å². The first-order valence-corrected chi connectivity index (χ1v) is 4.93. The molecule has 1 aromatic carbocycles. The number of benzene rings is 1. The van der Waals surface area contributed by atoms with Crippen molar-refractivity contribution in [3.63, 3.8) is 0 Å². The summed E-state index contributed by atoms with van der Waals surface area (Å²) in [5.74, 6) is 0. The van der Waals surface area contributed by atoms with Gasteiger partial charge in [-0.25, -0.2) is 9.97 Å². The Balaban J connectivity index is 2.52. The highest BCUT2D eigenvalue weighted by Crippen LogP contribution is 2.20. The molecule has 0 aliphatic rings. The van der Waals surface area contributed by atoms with E-state index < -0.39 is 0 Å². The molecule has 2 aromatic heterocycles. The van der Waals surface area contributed by atoms with Crippen LogP contribution in [0.4, 0.5) is 0 Å². The number of fused-ring (bicyclic) bond motifs is 2. The second kappa shape index (κ2) is 3.28. The molecule has 0 saturated heterocycles. The molecule has 2 heterocycles. The molecule has 0 unspecified atom stereocenters. The number of nitriles is 1. The normalized spacial score (nSPS) is 10.4. The number of hydrogen-bond acceptors (Lipinski definition) is 3. The number of hydrogen-bond donors (Lipinski definition) is 0. The van der Waals surface area contributed by atoms with Crippen molar-refractivity contribution < 1.29 is 0 Å². The van der Waals surface area contributed by atoms with E-state index >= 15 is 0 Å². The van der Waals surface area contributed by atoms with Crippen LogP contribution >= 0.6 is 0 Å². The average Bonchev–Trinajstić information content (AvgIpc) is 2.35. The van der Waals surface area contributed by atoms with E-state index in [0.717, 1.165) is 21.8 Å². The van der Waals surface area contributed by atoms with Crippen LogP contribution in [0.3, 0.4) is 0 Å². The lowest BCUT2D eigenvalue weighted by atomic mass is 10.1. The van der Waals surface area contributed by atoms with E-state index in [9.17, 15) is 0 Å². The zero-order valence-electron chi connectivity index (χ0n) is 8.38. The highest BCUT2D eigenvalue weighted by atomic mass is 14.7. The third-order valence-corrected chi connectivity index (χ3v) is 2.55. The van der Waals surface area contributed by atoms with Crippen LogP contribution in [0, 0.1) is 11.3 Å². The Bertz CT molecular complexity index is 726. The molecule has 0 amide bonds. The van der Waals surface area contributed by atoms with E-state index in [1.54, 1.807) is 6.20 Å². The Labute approximate surface area is 92.0 Å². The highest BCUT2D eigenvalue weighted by Gasteiger charge is 2.04. The molecule has 3 rings (SSSR count). The number of rotatable bonds is 0. The van der Waals surface area contributed by atoms with Gasteiger partial charge in [0.05, 0.1) is 11.0 Å². The number of pyridine rings is 2. The topological polar surface area (TPSA) is 49.6 Å². The molecule has 3 aromatic rings. The fourth-order valence-corrected chi connectivity index (χ4v) is 1.79. The van der Waals surface area contributed by atoms with Gasteiger partial charge in [-0.2, -0.15) is 5.26 Å². The van der Waals surface area contributed by atoms with Gasteiger partial charge in [0, 0.05) is 17.0 Å². The molecule has 0 spiro atoms. The standard InChI is InChI=1S/C13H7N3/c14-8-13-10-7-9-3-1-2-4-11(9)16-12(10)5-6-15-13/h1-7H. The smallest absolute Gasteiger partial charge is 0.149 e. The van der Waals surface area contributed by atoms with Gasteiger partial charge in [0.1, 0.15) is 11.8 Å². The van der Waals surface area contributed by atoms with Crippen LogP contribution in [-0.2, 0) is 0 Å². The van der Waals surface area contributed by atoms with E-state index in [-0.39, 0.29) is 0 Å². The molecule has 0 fully saturated rings. The van der Waals surface area contributed by atoms with Crippen molar-refractivity contribution in [1.29, 1.82) is 5.26 Å². The van der Waals surface area contributed by atoms with Gasteiger partial charge in [-0.15, -0.1) is 0 Å². The molecule has 0 saturated carbocycles. The van der Waals surface area contributed by atoms with Gasteiger partial charge in [0.15, 0.2) is 0 Å². The predicted molar refractivity (Wildman–Crippen MR) is 61.8 cm³/mol. The van der Waals surface area contributed by atoms with E-state index in [1.807, 2.05) is 36.4 Å². The second-order valence-electron chi connectivity index (χ2n) is 3.52. The minimum atomic E-state index is 0.427. The summed E-state index contributed by atoms with van der Waals surface area (Å²) in [7, 11) is 0. The van der Waals surface area contributed by atoms with Crippen LogP contribution in [0.2, 0.25) is 0 Å². The van der Waals surface area contributed by atoms with Gasteiger partial charge in [0.25, 0.3) is 0 Å². The van der Waals surface area contributed by atoms with Crippen molar-refractivity contribution in [2.75, 3.05) is 0 Å². The summed E-state index contributed by atoms with van der Waals surface area (Å²) >= 11 is 0. The summed E-state index contributed by atoms with van der Waals surface area (Å²) in [5, 5.41) is 10.8. The predicted octanol–water partition coefficient (Wildman–Crippen LogP) is 2.65. The number of para-hydroxylation sites is 1. The quantitative estimate of drug-likeness (QED) is 0.530. The summed E-state index contributed by atoms with van der Waals surface area (Å²) < 4.78 is 0. The lowest BCUT2D eigenvalue weighted by Gasteiger charge is -2.01. The van der Waals surface area contributed by atoms with Gasteiger partial charge in [-0.05, 0) is 18.2 Å². The third-order valence-electron chi connectivity index (χ3n) is 2.55. The lowest BCUT2D eigenvalue weighted by Crippen LogP contribution is -1.88. The molecule has 0 radical (unpaired) electrons. The molecule has 16 heavy (non-hydrogen) atoms. The van der Waals surface area contributed by atoms with E-state index in [0.29, 0.717) is 5.69 Å². The van der Waals surface area contributed by atoms with Gasteiger partial charge in [-0.3, -0.25) is 0 Å². The molecule has 0 atom stereocenters. The highest BCUT2D eigenvalue weighted by molar-refractivity contribution is 5.94. The minimum Gasteiger partial charge on any atom is -0.248 e. The van der Waals surface area contributed by atoms with E-state index in [4.69, 9.17) is 5.26 Å². The molecule has 0 aliphatic heterocycles. The maximum absolute atomic E-state index is 8.97. The third kappa shape index (κ3) is 1.21. The van der Waals surface area contributed by atoms with Crippen molar-refractivity contribution in [1.82, 2.24) is 9.97 Å². The van der Waals surface area contributed by atoms with Crippen molar-refractivity contribution in [2.24, 2.45) is 0 Å². The first kappa shape index (κ1) is 8.81. The number of aromatic nitrogens is 2. The Kier molecular flexibility index (Phi) is 1.81. The van der Waals surface area contributed by atoms with Crippen LogP contribution in [-0.4, -0.2) is 9.97 Å². The summed E-state index contributed by atoms with van der Waals surface area (Å²) in [6.45, 7) is 0. The zero-order valence-corrected chi connectivity index (χ0v) is 8.38. The Morgan fingerprint density at radius 2 is 1.94 bits per heavy atom. The maximum Gasteiger partial charge on any atom is 0.149 e. The van der Waals surface area contributed by atoms with Crippen LogP contribution in [0.15, 0.2) is 42.6 Å². The monoisotopic (exact) mass is 205 g/mol. The van der Waals surface area contributed by atoms with Crippen molar-refractivity contribution >= 4 is 21.8 Å². The lowest BCUT2D eigenvalue weighted by molar-refractivity contribution is 1.29. The van der Waals surface area contributed by atoms with Gasteiger partial charge in [-0.1, -0.05) is 18.2 Å². The van der Waals surface area contributed by atoms with Crippen LogP contribution in [0.25, 0.3) is 21.8 Å². The maximum atomic E-state index is 8.97. The summed E-state index contributed by atoms with van der Waals surface area (Å²) in [6, 6.07) is 13.7. The zero-order chi connectivity index (χ0) is 11.0. The second-order valence-corrected chi connectivity index (χ2v) is 3.52. The molecule has 0 aliphatic carbocycles.